The molecule has 1 heterocycles. The molecule has 10 heavy (non-hydrogen) atoms. The topological polar surface area (TPSA) is 69.6 Å². The van der Waals surface area contributed by atoms with Gasteiger partial charge in [-0.2, -0.15) is 0 Å². The van der Waals surface area contributed by atoms with Crippen LogP contribution in [0.5, 0.6) is 0 Å². The van der Waals surface area contributed by atoms with Crippen LogP contribution in [0.25, 0.3) is 0 Å². The van der Waals surface area contributed by atoms with E-state index < -0.39 is 18.1 Å². The van der Waals surface area contributed by atoms with Crippen LogP contribution in [0.4, 0.5) is 0 Å². The lowest BCUT2D eigenvalue weighted by Crippen LogP contribution is -2.34. The Kier molecular flexibility index (Phi) is 1.92. The van der Waals surface area contributed by atoms with Crippen LogP contribution >= 0.6 is 0 Å². The number of carbonyl (C=O) groups is 1. The smallest absolute Gasteiger partial charge is 0.321 e. The minimum Gasteiger partial charge on any atom is -0.480 e. The molecule has 0 spiro atoms. The molecule has 1 fully saturated rings. The SMILES string of the molecule is CC1C(O)CN[C@H]1C(=O)O. The van der Waals surface area contributed by atoms with Crippen molar-refractivity contribution < 1.29 is 15.0 Å². The number of β-amino-alcohol motifs (C(OH)–C–C–N with tert-alkyl or cyclic N) is 1. The van der Waals surface area contributed by atoms with E-state index in [1.54, 1.807) is 6.92 Å². The van der Waals surface area contributed by atoms with Gasteiger partial charge in [0.05, 0.1) is 6.10 Å². The van der Waals surface area contributed by atoms with Gasteiger partial charge in [-0.3, -0.25) is 4.79 Å². The van der Waals surface area contributed by atoms with Crippen molar-refractivity contribution in [3.63, 3.8) is 0 Å². The van der Waals surface area contributed by atoms with Crippen molar-refractivity contribution in [3.05, 3.63) is 0 Å². The Morgan fingerprint density at radius 2 is 2.30 bits per heavy atom. The van der Waals surface area contributed by atoms with Gasteiger partial charge in [0.1, 0.15) is 6.04 Å². The predicted octanol–water partition coefficient (Wildman–Crippen LogP) is -0.960. The number of carboxylic acids is 1. The highest BCUT2D eigenvalue weighted by molar-refractivity contribution is 5.74. The zero-order chi connectivity index (χ0) is 7.72. The fourth-order valence-electron chi connectivity index (χ4n) is 1.15. The molecule has 0 radical (unpaired) electrons. The van der Waals surface area contributed by atoms with Crippen LogP contribution in [-0.4, -0.2) is 34.9 Å². The first-order valence-corrected chi connectivity index (χ1v) is 3.27. The van der Waals surface area contributed by atoms with Crippen molar-refractivity contribution in [2.45, 2.75) is 19.1 Å². The van der Waals surface area contributed by atoms with E-state index in [-0.39, 0.29) is 5.92 Å². The van der Waals surface area contributed by atoms with Gasteiger partial charge in [-0.1, -0.05) is 6.92 Å². The van der Waals surface area contributed by atoms with Gasteiger partial charge in [-0.25, -0.2) is 0 Å². The molecule has 0 saturated carbocycles. The Hall–Kier alpha value is -0.610. The fourth-order valence-corrected chi connectivity index (χ4v) is 1.15. The van der Waals surface area contributed by atoms with E-state index in [0.717, 1.165) is 0 Å². The van der Waals surface area contributed by atoms with Gasteiger partial charge >= 0.3 is 5.97 Å². The van der Waals surface area contributed by atoms with Crippen LogP contribution in [0.3, 0.4) is 0 Å². The number of hydrogen-bond donors (Lipinski definition) is 3. The normalized spacial score (nSPS) is 40.0. The standard InChI is InChI=1S/C6H11NO3/c1-3-4(8)2-7-5(3)6(9)10/h3-5,7-8H,2H2,1H3,(H,9,10)/t3?,4?,5-/m1/s1. The molecule has 1 aliphatic rings. The van der Waals surface area contributed by atoms with Crippen LogP contribution < -0.4 is 5.32 Å². The number of aliphatic carboxylic acids is 1. The highest BCUT2D eigenvalue weighted by Crippen LogP contribution is 2.14. The molecule has 0 bridgehead atoms. The number of carboxylic acid groups (broad SMARTS) is 1. The third-order valence-corrected chi connectivity index (χ3v) is 1.95. The highest BCUT2D eigenvalue weighted by atomic mass is 16.4. The van der Waals surface area contributed by atoms with Crippen molar-refractivity contribution in [3.8, 4) is 0 Å². The molecular formula is C6H11NO3. The summed E-state index contributed by atoms with van der Waals surface area (Å²) < 4.78 is 0. The number of hydrogen-bond acceptors (Lipinski definition) is 3. The van der Waals surface area contributed by atoms with Gasteiger partial charge in [-0.05, 0) is 0 Å². The first-order valence-electron chi connectivity index (χ1n) is 3.27. The Labute approximate surface area is 58.9 Å². The van der Waals surface area contributed by atoms with Crippen LogP contribution in [0.1, 0.15) is 6.92 Å². The van der Waals surface area contributed by atoms with Crippen molar-refractivity contribution in [1.82, 2.24) is 5.32 Å². The first kappa shape index (κ1) is 7.50. The van der Waals surface area contributed by atoms with E-state index in [4.69, 9.17) is 10.2 Å². The second-order valence-corrected chi connectivity index (χ2v) is 2.65. The highest BCUT2D eigenvalue weighted by Gasteiger charge is 2.35. The van der Waals surface area contributed by atoms with E-state index in [9.17, 15) is 4.79 Å². The third kappa shape index (κ3) is 1.12. The first-order chi connectivity index (χ1) is 4.63. The van der Waals surface area contributed by atoms with E-state index in [2.05, 4.69) is 5.32 Å². The molecule has 1 saturated heterocycles. The fraction of sp³-hybridized carbons (Fsp3) is 0.833. The minimum atomic E-state index is -0.885. The molecule has 1 aliphatic heterocycles. The zero-order valence-corrected chi connectivity index (χ0v) is 5.74. The zero-order valence-electron chi connectivity index (χ0n) is 5.74. The molecule has 0 aromatic carbocycles. The Bertz CT molecular complexity index is 148. The molecule has 0 aromatic heterocycles. The van der Waals surface area contributed by atoms with E-state index in [0.29, 0.717) is 6.54 Å². The Morgan fingerprint density at radius 1 is 1.70 bits per heavy atom. The average molecular weight is 145 g/mol. The third-order valence-electron chi connectivity index (χ3n) is 1.95. The van der Waals surface area contributed by atoms with Gasteiger partial charge in [0.2, 0.25) is 0 Å². The molecule has 1 rings (SSSR count). The van der Waals surface area contributed by atoms with Crippen LogP contribution in [0.2, 0.25) is 0 Å². The summed E-state index contributed by atoms with van der Waals surface area (Å²) in [4.78, 5) is 10.4. The van der Waals surface area contributed by atoms with Crippen LogP contribution in [0.15, 0.2) is 0 Å². The van der Waals surface area contributed by atoms with Gasteiger partial charge in [0.25, 0.3) is 0 Å². The molecular weight excluding hydrogens is 134 g/mol. The second-order valence-electron chi connectivity index (χ2n) is 2.65. The Balaban J connectivity index is 2.57. The predicted molar refractivity (Wildman–Crippen MR) is 34.6 cm³/mol. The van der Waals surface area contributed by atoms with Crippen LogP contribution in [0, 0.1) is 5.92 Å². The molecule has 4 nitrogen and oxygen atoms in total. The van der Waals surface area contributed by atoms with Crippen molar-refractivity contribution >= 4 is 5.97 Å². The van der Waals surface area contributed by atoms with Crippen molar-refractivity contribution in [1.29, 1.82) is 0 Å². The average Bonchev–Trinajstić information content (AvgIpc) is 2.14. The summed E-state index contributed by atoms with van der Waals surface area (Å²) in [5.41, 5.74) is 0. The van der Waals surface area contributed by atoms with Gasteiger partial charge in [0, 0.05) is 12.5 Å². The number of aliphatic hydroxyl groups is 1. The molecule has 0 amide bonds. The molecule has 58 valence electrons. The van der Waals surface area contributed by atoms with Crippen molar-refractivity contribution in [2.24, 2.45) is 5.92 Å². The molecule has 2 unspecified atom stereocenters. The van der Waals surface area contributed by atoms with Crippen molar-refractivity contribution in [2.75, 3.05) is 6.54 Å². The maximum absolute atomic E-state index is 10.4. The summed E-state index contributed by atoms with van der Waals surface area (Å²) in [6, 6.07) is -0.574. The molecule has 0 aliphatic carbocycles. The molecule has 4 heteroatoms. The molecule has 0 aromatic rings. The van der Waals surface area contributed by atoms with Gasteiger partial charge in [0.15, 0.2) is 0 Å². The minimum absolute atomic E-state index is 0.183. The van der Waals surface area contributed by atoms with Gasteiger partial charge in [-0.15, -0.1) is 0 Å². The maximum Gasteiger partial charge on any atom is 0.321 e. The van der Waals surface area contributed by atoms with Crippen LogP contribution in [-0.2, 0) is 4.79 Å². The quantitative estimate of drug-likeness (QED) is 0.444. The molecule has 3 N–H and O–H groups in total. The van der Waals surface area contributed by atoms with E-state index in [1.165, 1.54) is 0 Å². The van der Waals surface area contributed by atoms with E-state index >= 15 is 0 Å². The second kappa shape index (κ2) is 2.56. The number of aliphatic hydroxyl groups excluding tert-OH is 1. The summed E-state index contributed by atoms with van der Waals surface area (Å²) in [5.74, 6) is -1.07. The summed E-state index contributed by atoms with van der Waals surface area (Å²) in [7, 11) is 0. The summed E-state index contributed by atoms with van der Waals surface area (Å²) in [6.45, 7) is 2.11. The number of nitrogens with one attached hydrogen (secondary N) is 1. The molecule has 3 atom stereocenters. The Morgan fingerprint density at radius 3 is 2.50 bits per heavy atom. The lowest BCUT2D eigenvalue weighted by molar-refractivity contribution is -0.140. The van der Waals surface area contributed by atoms with Gasteiger partial charge < -0.3 is 15.5 Å². The summed E-state index contributed by atoms with van der Waals surface area (Å²) >= 11 is 0. The number of rotatable bonds is 1. The monoisotopic (exact) mass is 145 g/mol. The maximum atomic E-state index is 10.4. The lowest BCUT2D eigenvalue weighted by atomic mass is 10.0. The largest absolute Gasteiger partial charge is 0.480 e. The van der Waals surface area contributed by atoms with E-state index in [1.807, 2.05) is 0 Å². The summed E-state index contributed by atoms with van der Waals surface area (Å²) in [6.07, 6.45) is -0.513. The lowest BCUT2D eigenvalue weighted by Gasteiger charge is -2.10. The summed E-state index contributed by atoms with van der Waals surface area (Å²) in [5, 5.41) is 20.3.